The van der Waals surface area contributed by atoms with Crippen molar-refractivity contribution in [3.8, 4) is 0 Å². The molecule has 4 N–H and O–H groups in total. The number of aryl methyl sites for hydroxylation is 1. The maximum Gasteiger partial charge on any atom is 0.276 e. The van der Waals surface area contributed by atoms with Crippen LogP contribution in [0.2, 0.25) is 0 Å². The second-order valence-corrected chi connectivity index (χ2v) is 6.69. The Morgan fingerprint density at radius 1 is 1.27 bits per heavy atom. The zero-order valence-corrected chi connectivity index (χ0v) is 14.9. The third-order valence-corrected chi connectivity index (χ3v) is 4.46. The topological polar surface area (TPSA) is 115 Å². The maximum atomic E-state index is 12.2. The van der Waals surface area contributed by atoms with Crippen molar-refractivity contribution in [2.24, 2.45) is 0 Å². The van der Waals surface area contributed by atoms with Crippen molar-refractivity contribution in [3.63, 3.8) is 0 Å². The molecule has 0 spiro atoms. The third-order valence-electron chi connectivity index (χ3n) is 3.59. The van der Waals surface area contributed by atoms with Crippen LogP contribution < -0.4 is 16.4 Å². The Kier molecular flexibility index (Phi) is 5.28. The summed E-state index contributed by atoms with van der Waals surface area (Å²) < 4.78 is 1.20. The largest absolute Gasteiger partial charge is 0.382 e. The van der Waals surface area contributed by atoms with Gasteiger partial charge < -0.3 is 16.4 Å². The molecule has 2 heterocycles. The Balaban J connectivity index is 1.61. The van der Waals surface area contributed by atoms with E-state index in [0.717, 1.165) is 10.4 Å². The molecule has 3 rings (SSSR count). The van der Waals surface area contributed by atoms with Crippen LogP contribution in [-0.2, 0) is 17.9 Å². The van der Waals surface area contributed by atoms with Gasteiger partial charge in [-0.2, -0.15) is 0 Å². The molecular formula is C17H18N6O2S. The predicted octanol–water partition coefficient (Wildman–Crippen LogP) is 1.80. The van der Waals surface area contributed by atoms with Gasteiger partial charge >= 0.3 is 0 Å². The number of nitrogen functional groups attached to an aromatic ring is 1. The second kappa shape index (κ2) is 7.79. The summed E-state index contributed by atoms with van der Waals surface area (Å²) in [6.07, 6.45) is 0. The maximum absolute atomic E-state index is 12.2. The van der Waals surface area contributed by atoms with Gasteiger partial charge in [-0.3, -0.25) is 9.59 Å². The molecular weight excluding hydrogens is 352 g/mol. The number of benzene rings is 1. The first-order chi connectivity index (χ1) is 12.5. The Bertz CT molecular complexity index is 919. The Labute approximate surface area is 154 Å². The van der Waals surface area contributed by atoms with Gasteiger partial charge in [-0.15, -0.1) is 16.4 Å². The first-order valence-electron chi connectivity index (χ1n) is 7.89. The molecule has 0 aliphatic carbocycles. The molecule has 0 fully saturated rings. The highest BCUT2D eigenvalue weighted by Gasteiger charge is 2.18. The van der Waals surface area contributed by atoms with Crippen molar-refractivity contribution in [1.82, 2.24) is 20.3 Å². The van der Waals surface area contributed by atoms with E-state index in [1.54, 1.807) is 6.07 Å². The first-order valence-corrected chi connectivity index (χ1v) is 8.77. The number of aromatic nitrogens is 3. The summed E-state index contributed by atoms with van der Waals surface area (Å²) in [6, 6.07) is 11.3. The number of carbonyl (C=O) groups is 2. The predicted molar refractivity (Wildman–Crippen MR) is 99.7 cm³/mol. The fourth-order valence-electron chi connectivity index (χ4n) is 2.32. The van der Waals surface area contributed by atoms with Crippen molar-refractivity contribution in [2.75, 3.05) is 11.1 Å². The number of anilines is 2. The zero-order valence-electron chi connectivity index (χ0n) is 14.1. The fraction of sp³-hybridized carbons (Fsp3) is 0.176. The van der Waals surface area contributed by atoms with E-state index in [1.807, 2.05) is 42.6 Å². The standard InChI is InChI=1S/C17H18N6O2S/c1-11-4-2-5-12(8-11)20-14(24)10-23-16(18)15(21-22-23)17(25)19-9-13-6-3-7-26-13/h2-8H,9-10,18H2,1H3,(H,19,25)(H,20,24). The number of thiophene rings is 1. The van der Waals surface area contributed by atoms with Gasteiger partial charge in [-0.25, -0.2) is 4.68 Å². The van der Waals surface area contributed by atoms with E-state index in [2.05, 4.69) is 20.9 Å². The molecule has 9 heteroatoms. The lowest BCUT2D eigenvalue weighted by atomic mass is 10.2. The number of nitrogens with two attached hydrogens (primary N) is 1. The van der Waals surface area contributed by atoms with Gasteiger partial charge in [0.2, 0.25) is 5.91 Å². The molecule has 1 aromatic carbocycles. The first kappa shape index (κ1) is 17.6. The molecule has 0 aliphatic rings. The minimum absolute atomic E-state index is 0.00455. The van der Waals surface area contributed by atoms with E-state index in [0.29, 0.717) is 12.2 Å². The molecule has 2 amide bonds. The molecule has 0 bridgehead atoms. The van der Waals surface area contributed by atoms with Gasteiger partial charge in [-0.05, 0) is 36.1 Å². The van der Waals surface area contributed by atoms with E-state index < -0.39 is 5.91 Å². The molecule has 0 radical (unpaired) electrons. The summed E-state index contributed by atoms with van der Waals surface area (Å²) >= 11 is 1.54. The number of hydrogen-bond acceptors (Lipinski definition) is 6. The zero-order chi connectivity index (χ0) is 18.5. The van der Waals surface area contributed by atoms with E-state index in [9.17, 15) is 9.59 Å². The van der Waals surface area contributed by atoms with Gasteiger partial charge in [0.25, 0.3) is 5.91 Å². The van der Waals surface area contributed by atoms with Crippen LogP contribution in [0.5, 0.6) is 0 Å². The van der Waals surface area contributed by atoms with Crippen LogP contribution in [0.25, 0.3) is 0 Å². The molecule has 0 saturated heterocycles. The molecule has 8 nitrogen and oxygen atoms in total. The number of nitrogens with one attached hydrogen (secondary N) is 2. The van der Waals surface area contributed by atoms with Gasteiger partial charge in [0, 0.05) is 10.6 Å². The third kappa shape index (κ3) is 4.25. The minimum Gasteiger partial charge on any atom is -0.382 e. The van der Waals surface area contributed by atoms with Crippen LogP contribution in [0.15, 0.2) is 41.8 Å². The van der Waals surface area contributed by atoms with Crippen LogP contribution in [0.4, 0.5) is 11.5 Å². The quantitative estimate of drug-likeness (QED) is 0.612. The fourth-order valence-corrected chi connectivity index (χ4v) is 2.97. The van der Waals surface area contributed by atoms with Gasteiger partial charge in [0.05, 0.1) is 6.54 Å². The molecule has 134 valence electrons. The van der Waals surface area contributed by atoms with E-state index in [4.69, 9.17) is 5.73 Å². The van der Waals surface area contributed by atoms with Crippen LogP contribution in [0.3, 0.4) is 0 Å². The summed E-state index contributed by atoms with van der Waals surface area (Å²) in [5.41, 5.74) is 7.64. The lowest BCUT2D eigenvalue weighted by Crippen LogP contribution is -2.24. The summed E-state index contributed by atoms with van der Waals surface area (Å²) in [7, 11) is 0. The van der Waals surface area contributed by atoms with Crippen LogP contribution >= 0.6 is 11.3 Å². The monoisotopic (exact) mass is 370 g/mol. The highest BCUT2D eigenvalue weighted by Crippen LogP contribution is 2.12. The van der Waals surface area contributed by atoms with Crippen molar-refractivity contribution >= 4 is 34.7 Å². The number of rotatable bonds is 6. The molecule has 0 aliphatic heterocycles. The Hall–Kier alpha value is -3.20. The average molecular weight is 370 g/mol. The molecule has 0 saturated carbocycles. The van der Waals surface area contributed by atoms with Crippen molar-refractivity contribution in [2.45, 2.75) is 20.0 Å². The molecule has 26 heavy (non-hydrogen) atoms. The van der Waals surface area contributed by atoms with Crippen molar-refractivity contribution < 1.29 is 9.59 Å². The summed E-state index contributed by atoms with van der Waals surface area (Å²) in [5, 5.41) is 15.0. The Morgan fingerprint density at radius 3 is 2.85 bits per heavy atom. The number of nitrogens with zero attached hydrogens (tertiary/aromatic N) is 3. The van der Waals surface area contributed by atoms with E-state index in [1.165, 1.54) is 16.0 Å². The molecule has 3 aromatic rings. The van der Waals surface area contributed by atoms with Crippen molar-refractivity contribution in [3.05, 3.63) is 57.9 Å². The highest BCUT2D eigenvalue weighted by atomic mass is 32.1. The van der Waals surface area contributed by atoms with Gasteiger partial charge in [-0.1, -0.05) is 23.4 Å². The van der Waals surface area contributed by atoms with Gasteiger partial charge in [0.15, 0.2) is 11.5 Å². The van der Waals surface area contributed by atoms with E-state index in [-0.39, 0.29) is 24.0 Å². The molecule has 0 atom stereocenters. The summed E-state index contributed by atoms with van der Waals surface area (Å²) in [5.74, 6) is -0.688. The molecule has 2 aromatic heterocycles. The SMILES string of the molecule is Cc1cccc(NC(=O)Cn2nnc(C(=O)NCc3cccs3)c2N)c1. The van der Waals surface area contributed by atoms with Crippen LogP contribution in [0, 0.1) is 6.92 Å². The number of amides is 2. The lowest BCUT2D eigenvalue weighted by Gasteiger charge is -2.07. The van der Waals surface area contributed by atoms with Crippen molar-refractivity contribution in [1.29, 1.82) is 0 Å². The smallest absolute Gasteiger partial charge is 0.276 e. The average Bonchev–Trinajstić information content (AvgIpc) is 3.23. The lowest BCUT2D eigenvalue weighted by molar-refractivity contribution is -0.116. The number of carbonyl (C=O) groups excluding carboxylic acids is 2. The number of hydrogen-bond donors (Lipinski definition) is 3. The summed E-state index contributed by atoms with van der Waals surface area (Å²) in [4.78, 5) is 25.4. The summed E-state index contributed by atoms with van der Waals surface area (Å²) in [6.45, 7) is 2.19. The normalized spacial score (nSPS) is 10.5. The molecule has 0 unspecified atom stereocenters. The minimum atomic E-state index is -0.429. The Morgan fingerprint density at radius 2 is 2.12 bits per heavy atom. The highest BCUT2D eigenvalue weighted by molar-refractivity contribution is 7.09. The van der Waals surface area contributed by atoms with Crippen LogP contribution in [0.1, 0.15) is 20.9 Å². The van der Waals surface area contributed by atoms with Gasteiger partial charge in [0.1, 0.15) is 6.54 Å². The second-order valence-electron chi connectivity index (χ2n) is 5.66. The van der Waals surface area contributed by atoms with E-state index >= 15 is 0 Å². The van der Waals surface area contributed by atoms with Crippen LogP contribution in [-0.4, -0.2) is 26.8 Å².